The van der Waals surface area contributed by atoms with Gasteiger partial charge in [0.15, 0.2) is 0 Å². The molecule has 0 aromatic heterocycles. The molecule has 88 valence electrons. The Hall–Kier alpha value is -1.22. The van der Waals surface area contributed by atoms with Crippen molar-refractivity contribution in [3.63, 3.8) is 0 Å². The van der Waals surface area contributed by atoms with E-state index >= 15 is 0 Å². The van der Waals surface area contributed by atoms with E-state index in [9.17, 15) is 13.0 Å². The van der Waals surface area contributed by atoms with E-state index in [1.54, 1.807) is 12.1 Å². The van der Waals surface area contributed by atoms with Crippen molar-refractivity contribution in [3.8, 4) is 5.75 Å². The standard InChI is InChI=1S/C8H9NO5S2/c10-7-3-1-6(2-4-7)5-8(15)9-14-16(11,12)13/h1-4,10H,5H2,(H,9,15)(H,11,12,13)/p-1. The normalized spacial score (nSPS) is 11.1. The van der Waals surface area contributed by atoms with Crippen LogP contribution in [0.15, 0.2) is 24.3 Å². The predicted molar refractivity (Wildman–Crippen MR) is 58.3 cm³/mol. The van der Waals surface area contributed by atoms with Crippen molar-refractivity contribution < 1.29 is 22.4 Å². The first-order valence-electron chi connectivity index (χ1n) is 4.08. The summed E-state index contributed by atoms with van der Waals surface area (Å²) in [5.41, 5.74) is 2.59. The number of aromatic hydroxyl groups is 1. The summed E-state index contributed by atoms with van der Waals surface area (Å²) in [4.78, 5) is 0.0464. The fourth-order valence-corrected chi connectivity index (χ4v) is 1.40. The van der Waals surface area contributed by atoms with E-state index in [-0.39, 0.29) is 17.2 Å². The van der Waals surface area contributed by atoms with Gasteiger partial charge in [0.2, 0.25) is 10.4 Å². The molecule has 0 fully saturated rings. The maximum Gasteiger partial charge on any atom is 0.238 e. The summed E-state index contributed by atoms with van der Waals surface area (Å²) in [6.07, 6.45) is 0.200. The maximum absolute atomic E-state index is 10.1. The number of benzene rings is 1. The highest BCUT2D eigenvalue weighted by Crippen LogP contribution is 2.10. The van der Waals surface area contributed by atoms with E-state index in [1.165, 1.54) is 12.1 Å². The molecule has 0 spiro atoms. The summed E-state index contributed by atoms with van der Waals surface area (Å²) in [6.45, 7) is 0. The highest BCUT2D eigenvalue weighted by atomic mass is 32.3. The Morgan fingerprint density at radius 2 is 2.00 bits per heavy atom. The molecule has 0 radical (unpaired) electrons. The number of thiocarbonyl (C=S) groups is 1. The quantitative estimate of drug-likeness (QED) is 0.347. The van der Waals surface area contributed by atoms with Crippen LogP contribution in [0.5, 0.6) is 5.75 Å². The Morgan fingerprint density at radius 3 is 2.50 bits per heavy atom. The van der Waals surface area contributed by atoms with E-state index in [1.807, 2.05) is 5.48 Å². The molecule has 0 aliphatic carbocycles. The number of hydrogen-bond acceptors (Lipinski definition) is 6. The van der Waals surface area contributed by atoms with Gasteiger partial charge in [-0.15, -0.1) is 0 Å². The summed E-state index contributed by atoms with van der Waals surface area (Å²) in [5, 5.41) is 9.01. The van der Waals surface area contributed by atoms with Gasteiger partial charge in [0.25, 0.3) is 0 Å². The third-order valence-corrected chi connectivity index (χ3v) is 2.07. The molecule has 2 N–H and O–H groups in total. The van der Waals surface area contributed by atoms with Crippen molar-refractivity contribution in [3.05, 3.63) is 29.8 Å². The largest absolute Gasteiger partial charge is 0.724 e. The lowest BCUT2D eigenvalue weighted by molar-refractivity contribution is 0.222. The van der Waals surface area contributed by atoms with Crippen LogP contribution in [0, 0.1) is 0 Å². The zero-order valence-corrected chi connectivity index (χ0v) is 9.55. The van der Waals surface area contributed by atoms with Crippen LogP contribution >= 0.6 is 12.2 Å². The molecule has 0 amide bonds. The molecule has 1 aromatic rings. The third-order valence-electron chi connectivity index (χ3n) is 1.56. The van der Waals surface area contributed by atoms with Gasteiger partial charge in [0, 0.05) is 6.42 Å². The van der Waals surface area contributed by atoms with Crippen LogP contribution in [0.2, 0.25) is 0 Å². The van der Waals surface area contributed by atoms with Crippen LogP contribution in [0.25, 0.3) is 0 Å². The van der Waals surface area contributed by atoms with Crippen molar-refractivity contribution in [1.29, 1.82) is 0 Å². The molecule has 6 nitrogen and oxygen atoms in total. The minimum Gasteiger partial charge on any atom is -0.724 e. The van der Waals surface area contributed by atoms with Crippen LogP contribution in [0.4, 0.5) is 0 Å². The van der Waals surface area contributed by atoms with Gasteiger partial charge in [-0.2, -0.15) is 4.28 Å². The van der Waals surface area contributed by atoms with Crippen LogP contribution in [-0.4, -0.2) is 23.1 Å². The second-order valence-corrected chi connectivity index (χ2v) is 4.34. The number of hydroxylamine groups is 1. The topological polar surface area (TPSA) is 98.7 Å². The first kappa shape index (κ1) is 12.8. The Morgan fingerprint density at radius 1 is 1.44 bits per heavy atom. The van der Waals surface area contributed by atoms with Crippen molar-refractivity contribution in [2.45, 2.75) is 6.42 Å². The van der Waals surface area contributed by atoms with E-state index in [4.69, 9.17) is 17.3 Å². The van der Waals surface area contributed by atoms with Crippen LogP contribution in [0.3, 0.4) is 0 Å². The highest BCUT2D eigenvalue weighted by Gasteiger charge is 2.01. The Kier molecular flexibility index (Phi) is 4.19. The van der Waals surface area contributed by atoms with Crippen LogP contribution < -0.4 is 5.48 Å². The number of rotatable bonds is 4. The predicted octanol–water partition coefficient (Wildman–Crippen LogP) is 0.244. The summed E-state index contributed by atoms with van der Waals surface area (Å²) < 4.78 is 34.1. The summed E-state index contributed by atoms with van der Waals surface area (Å²) >= 11 is 4.73. The van der Waals surface area contributed by atoms with Gasteiger partial charge in [0.05, 0.1) is 0 Å². The van der Waals surface area contributed by atoms with Gasteiger partial charge in [-0.25, -0.2) is 13.9 Å². The average Bonchev–Trinajstić information content (AvgIpc) is 2.18. The molecule has 16 heavy (non-hydrogen) atoms. The van der Waals surface area contributed by atoms with Crippen molar-refractivity contribution in [2.24, 2.45) is 0 Å². The average molecular weight is 262 g/mol. The van der Waals surface area contributed by atoms with E-state index < -0.39 is 10.4 Å². The molecule has 0 heterocycles. The van der Waals surface area contributed by atoms with Crippen molar-refractivity contribution >= 4 is 27.6 Å². The van der Waals surface area contributed by atoms with Gasteiger partial charge in [-0.05, 0) is 17.7 Å². The minimum atomic E-state index is -4.81. The van der Waals surface area contributed by atoms with Crippen LogP contribution in [0.1, 0.15) is 5.56 Å². The van der Waals surface area contributed by atoms with Crippen LogP contribution in [-0.2, 0) is 21.1 Å². The number of hydrogen-bond donors (Lipinski definition) is 2. The molecule has 0 aliphatic heterocycles. The second kappa shape index (κ2) is 5.21. The molecule has 0 saturated heterocycles. The van der Waals surface area contributed by atoms with E-state index in [2.05, 4.69) is 4.28 Å². The first-order chi connectivity index (χ1) is 7.37. The number of nitrogens with one attached hydrogen (secondary N) is 1. The minimum absolute atomic E-state index is 0.0464. The second-order valence-electron chi connectivity index (χ2n) is 2.86. The Labute approximate surface area is 97.8 Å². The highest BCUT2D eigenvalue weighted by molar-refractivity contribution is 7.81. The fourth-order valence-electron chi connectivity index (χ4n) is 0.933. The summed E-state index contributed by atoms with van der Waals surface area (Å²) in [7, 11) is -4.81. The lowest BCUT2D eigenvalue weighted by Crippen LogP contribution is -2.26. The molecule has 0 aliphatic rings. The molecule has 0 atom stereocenters. The SMILES string of the molecule is O=S(=O)([O-])ONC(=S)Cc1ccc(O)cc1. The maximum atomic E-state index is 10.1. The lowest BCUT2D eigenvalue weighted by Gasteiger charge is -2.09. The molecule has 1 rings (SSSR count). The lowest BCUT2D eigenvalue weighted by atomic mass is 10.1. The van der Waals surface area contributed by atoms with Gasteiger partial charge >= 0.3 is 0 Å². The van der Waals surface area contributed by atoms with Crippen molar-refractivity contribution in [1.82, 2.24) is 5.48 Å². The zero-order chi connectivity index (χ0) is 12.2. The molecule has 1 aromatic carbocycles. The van der Waals surface area contributed by atoms with Gasteiger partial charge in [-0.1, -0.05) is 24.4 Å². The molecule has 8 heteroatoms. The van der Waals surface area contributed by atoms with E-state index in [0.717, 1.165) is 5.56 Å². The Bertz CT molecular complexity index is 468. The molecular weight excluding hydrogens is 254 g/mol. The molecular formula is C8H8NO5S2-. The monoisotopic (exact) mass is 262 g/mol. The summed E-state index contributed by atoms with van der Waals surface area (Å²) in [6, 6.07) is 6.14. The first-order valence-corrected chi connectivity index (χ1v) is 5.82. The molecule has 0 unspecified atom stereocenters. The number of phenols is 1. The third kappa shape index (κ3) is 5.03. The van der Waals surface area contributed by atoms with Gasteiger partial charge in [0.1, 0.15) is 10.7 Å². The fraction of sp³-hybridized carbons (Fsp3) is 0.125. The Balaban J connectivity index is 2.49. The summed E-state index contributed by atoms with van der Waals surface area (Å²) in [5.74, 6) is 0.112. The number of phenolic OH excluding ortho intramolecular Hbond substituents is 1. The van der Waals surface area contributed by atoms with E-state index in [0.29, 0.717) is 0 Å². The van der Waals surface area contributed by atoms with Gasteiger partial charge < -0.3 is 9.66 Å². The molecule has 0 bridgehead atoms. The van der Waals surface area contributed by atoms with Gasteiger partial charge in [-0.3, -0.25) is 0 Å². The van der Waals surface area contributed by atoms with Crippen molar-refractivity contribution in [2.75, 3.05) is 0 Å². The molecule has 0 saturated carbocycles. The zero-order valence-electron chi connectivity index (χ0n) is 7.91. The smallest absolute Gasteiger partial charge is 0.238 e.